The molecule has 1 radical (unpaired) electrons. The molecule has 5 nitrogen and oxygen atoms in total. The number of nitrogens with zero attached hydrogens (tertiary/aromatic N) is 4. The fourth-order valence-corrected chi connectivity index (χ4v) is 3.51. The average molecular weight is 294 g/mol. The van der Waals surface area contributed by atoms with E-state index in [1.807, 2.05) is 12.1 Å². The predicted molar refractivity (Wildman–Crippen MR) is 85.9 cm³/mol. The lowest BCUT2D eigenvalue weighted by molar-refractivity contribution is 0.720. The molecule has 0 amide bonds. The Morgan fingerprint density at radius 3 is 2.90 bits per heavy atom. The van der Waals surface area contributed by atoms with Crippen LogP contribution in [0.25, 0.3) is 31.7 Å². The molecule has 3 heterocycles. The number of thiophene rings is 1. The summed E-state index contributed by atoms with van der Waals surface area (Å²) in [6.45, 7) is 4.39. The van der Waals surface area contributed by atoms with Crippen LogP contribution in [-0.2, 0) is 6.54 Å². The molecule has 0 unspecified atom stereocenters. The molecule has 0 aliphatic heterocycles. The van der Waals surface area contributed by atoms with E-state index in [0.29, 0.717) is 12.4 Å². The SMILES string of the molecule is [CH2]Cn1nc(-c2cc3ccccc3s2)c2c(N)ncnc21. The average Bonchev–Trinajstić information content (AvgIpc) is 3.08. The van der Waals surface area contributed by atoms with Crippen LogP contribution in [0.1, 0.15) is 0 Å². The highest BCUT2D eigenvalue weighted by Gasteiger charge is 2.17. The van der Waals surface area contributed by atoms with Crippen LogP contribution in [0.4, 0.5) is 5.82 Å². The Bertz CT molecular complexity index is 920. The Hall–Kier alpha value is -2.47. The van der Waals surface area contributed by atoms with Gasteiger partial charge in [0.1, 0.15) is 17.8 Å². The molecule has 6 heteroatoms. The molecule has 3 aromatic heterocycles. The van der Waals surface area contributed by atoms with Crippen LogP contribution < -0.4 is 5.73 Å². The summed E-state index contributed by atoms with van der Waals surface area (Å²) >= 11 is 1.69. The number of benzene rings is 1. The zero-order valence-electron chi connectivity index (χ0n) is 11.2. The maximum absolute atomic E-state index is 6.04. The normalized spacial score (nSPS) is 11.5. The zero-order chi connectivity index (χ0) is 14.4. The summed E-state index contributed by atoms with van der Waals surface area (Å²) in [5.41, 5.74) is 7.59. The largest absolute Gasteiger partial charge is 0.383 e. The molecule has 4 rings (SSSR count). The van der Waals surface area contributed by atoms with Gasteiger partial charge in [0.2, 0.25) is 0 Å². The van der Waals surface area contributed by atoms with E-state index < -0.39 is 0 Å². The fraction of sp³-hybridized carbons (Fsp3) is 0.0667. The first-order valence-corrected chi connectivity index (χ1v) is 7.35. The summed E-state index contributed by atoms with van der Waals surface area (Å²) in [7, 11) is 0. The zero-order valence-corrected chi connectivity index (χ0v) is 12.0. The number of aromatic nitrogens is 4. The number of nitrogen functional groups attached to an aromatic ring is 1. The van der Waals surface area contributed by atoms with Gasteiger partial charge in [-0.25, -0.2) is 14.6 Å². The van der Waals surface area contributed by atoms with Gasteiger partial charge < -0.3 is 5.73 Å². The summed E-state index contributed by atoms with van der Waals surface area (Å²) in [6.07, 6.45) is 1.46. The quantitative estimate of drug-likeness (QED) is 0.616. The number of hydrogen-bond acceptors (Lipinski definition) is 5. The van der Waals surface area contributed by atoms with Crippen molar-refractivity contribution >= 4 is 38.3 Å². The highest BCUT2D eigenvalue weighted by molar-refractivity contribution is 7.22. The smallest absolute Gasteiger partial charge is 0.163 e. The second kappa shape index (κ2) is 4.53. The van der Waals surface area contributed by atoms with Gasteiger partial charge in [0.15, 0.2) is 5.65 Å². The van der Waals surface area contributed by atoms with Crippen molar-refractivity contribution in [2.75, 3.05) is 5.73 Å². The number of anilines is 1. The molecular weight excluding hydrogens is 282 g/mol. The van der Waals surface area contributed by atoms with E-state index in [2.05, 4.69) is 40.2 Å². The molecule has 4 aromatic rings. The standard InChI is InChI=1S/C15H12N5S/c1-2-20-15-12(14(16)17-8-18-15)13(19-20)11-7-9-5-3-4-6-10(9)21-11/h3-8H,1-2H2,(H2,16,17,18). The summed E-state index contributed by atoms with van der Waals surface area (Å²) in [6, 6.07) is 10.4. The van der Waals surface area contributed by atoms with Gasteiger partial charge in [-0.3, -0.25) is 0 Å². The van der Waals surface area contributed by atoms with E-state index in [-0.39, 0.29) is 0 Å². The van der Waals surface area contributed by atoms with Gasteiger partial charge in [0.05, 0.1) is 10.3 Å². The van der Waals surface area contributed by atoms with E-state index in [4.69, 9.17) is 5.73 Å². The summed E-state index contributed by atoms with van der Waals surface area (Å²) in [4.78, 5) is 9.44. The fourth-order valence-electron chi connectivity index (χ4n) is 2.46. The molecule has 0 saturated heterocycles. The summed E-state index contributed by atoms with van der Waals surface area (Å²) in [5.74, 6) is 0.451. The van der Waals surface area contributed by atoms with Crippen LogP contribution in [0.2, 0.25) is 0 Å². The number of fused-ring (bicyclic) bond motifs is 2. The van der Waals surface area contributed by atoms with Crippen molar-refractivity contribution < 1.29 is 0 Å². The molecular formula is C15H12N5S. The third kappa shape index (κ3) is 1.80. The van der Waals surface area contributed by atoms with Gasteiger partial charge in [0.25, 0.3) is 0 Å². The van der Waals surface area contributed by atoms with E-state index >= 15 is 0 Å². The Kier molecular flexibility index (Phi) is 2.65. The van der Waals surface area contributed by atoms with Crippen LogP contribution in [0, 0.1) is 6.92 Å². The molecule has 0 saturated carbocycles. The summed E-state index contributed by atoms with van der Waals surface area (Å²) < 4.78 is 2.98. The van der Waals surface area contributed by atoms with Crippen molar-refractivity contribution in [3.8, 4) is 10.6 Å². The van der Waals surface area contributed by atoms with Gasteiger partial charge in [-0.15, -0.1) is 11.3 Å². The van der Waals surface area contributed by atoms with Gasteiger partial charge in [0, 0.05) is 11.2 Å². The van der Waals surface area contributed by atoms with Crippen molar-refractivity contribution in [1.82, 2.24) is 19.7 Å². The Labute approximate surface area is 125 Å². The van der Waals surface area contributed by atoms with Crippen LogP contribution >= 0.6 is 11.3 Å². The summed E-state index contributed by atoms with van der Waals surface area (Å²) in [5, 5.41) is 6.61. The molecule has 2 N–H and O–H groups in total. The molecule has 0 bridgehead atoms. The topological polar surface area (TPSA) is 69.6 Å². The van der Waals surface area contributed by atoms with Gasteiger partial charge in [-0.1, -0.05) is 18.2 Å². The van der Waals surface area contributed by atoms with Crippen molar-refractivity contribution in [2.45, 2.75) is 6.54 Å². The van der Waals surface area contributed by atoms with Crippen LogP contribution in [0.15, 0.2) is 36.7 Å². The van der Waals surface area contributed by atoms with Crippen molar-refractivity contribution in [2.24, 2.45) is 0 Å². The number of rotatable bonds is 2. The minimum Gasteiger partial charge on any atom is -0.383 e. The number of nitrogens with two attached hydrogens (primary N) is 1. The van der Waals surface area contributed by atoms with E-state index in [0.717, 1.165) is 21.6 Å². The third-order valence-electron chi connectivity index (χ3n) is 3.43. The first-order chi connectivity index (χ1) is 10.3. The molecule has 1 aromatic carbocycles. The van der Waals surface area contributed by atoms with Crippen LogP contribution in [0.3, 0.4) is 0 Å². The second-order valence-corrected chi connectivity index (χ2v) is 5.76. The molecule has 0 spiro atoms. The maximum atomic E-state index is 6.04. The Morgan fingerprint density at radius 2 is 2.10 bits per heavy atom. The van der Waals surface area contributed by atoms with Crippen molar-refractivity contribution in [3.05, 3.63) is 43.6 Å². The Balaban J connectivity index is 2.05. The lowest BCUT2D eigenvalue weighted by Gasteiger charge is -1.96. The first-order valence-electron chi connectivity index (χ1n) is 6.53. The lowest BCUT2D eigenvalue weighted by atomic mass is 10.2. The molecule has 103 valence electrons. The molecule has 0 aliphatic rings. The highest BCUT2D eigenvalue weighted by Crippen LogP contribution is 2.37. The van der Waals surface area contributed by atoms with E-state index in [1.54, 1.807) is 16.0 Å². The van der Waals surface area contributed by atoms with Gasteiger partial charge in [-0.05, 0) is 24.4 Å². The molecule has 0 atom stereocenters. The van der Waals surface area contributed by atoms with E-state index in [9.17, 15) is 0 Å². The molecule has 0 aliphatic carbocycles. The molecule has 21 heavy (non-hydrogen) atoms. The lowest BCUT2D eigenvalue weighted by Crippen LogP contribution is -1.98. The van der Waals surface area contributed by atoms with Crippen LogP contribution in [0.5, 0.6) is 0 Å². The van der Waals surface area contributed by atoms with Crippen LogP contribution in [-0.4, -0.2) is 19.7 Å². The second-order valence-electron chi connectivity index (χ2n) is 4.68. The predicted octanol–water partition coefficient (Wildman–Crippen LogP) is 3.12. The van der Waals surface area contributed by atoms with Gasteiger partial charge >= 0.3 is 0 Å². The minimum absolute atomic E-state index is 0.451. The third-order valence-corrected chi connectivity index (χ3v) is 4.55. The van der Waals surface area contributed by atoms with Crippen molar-refractivity contribution in [3.63, 3.8) is 0 Å². The Morgan fingerprint density at radius 1 is 1.24 bits per heavy atom. The highest BCUT2D eigenvalue weighted by atomic mass is 32.1. The molecule has 0 fully saturated rings. The maximum Gasteiger partial charge on any atom is 0.163 e. The first kappa shape index (κ1) is 12.3. The van der Waals surface area contributed by atoms with E-state index in [1.165, 1.54) is 16.4 Å². The monoisotopic (exact) mass is 294 g/mol. The van der Waals surface area contributed by atoms with Crippen molar-refractivity contribution in [1.29, 1.82) is 0 Å². The minimum atomic E-state index is 0.451. The van der Waals surface area contributed by atoms with Gasteiger partial charge in [-0.2, -0.15) is 5.10 Å². The number of hydrogen-bond donors (Lipinski definition) is 1.